The highest BCUT2D eigenvalue weighted by Gasteiger charge is 2.31. The largest absolute Gasteiger partial charge is 0.496 e. The van der Waals surface area contributed by atoms with E-state index in [1.54, 1.807) is 37.3 Å². The first kappa shape index (κ1) is 20.8. The molecule has 1 aromatic heterocycles. The van der Waals surface area contributed by atoms with Crippen LogP contribution in [0.25, 0.3) is 0 Å². The minimum atomic E-state index is -3.09. The average molecular weight is 421 g/mol. The van der Waals surface area contributed by atoms with E-state index in [1.165, 1.54) is 11.8 Å². The lowest BCUT2D eigenvalue weighted by Gasteiger charge is -2.14. The zero-order valence-corrected chi connectivity index (χ0v) is 17.1. The number of ether oxygens (including phenoxy) is 2. The average Bonchev–Trinajstić information content (AvgIpc) is 3.21. The molecule has 156 valence electrons. The number of anilines is 1. The van der Waals surface area contributed by atoms with Crippen molar-refractivity contribution in [2.75, 3.05) is 30.5 Å². The predicted octanol–water partition coefficient (Wildman–Crippen LogP) is 1.28. The third-order valence-corrected chi connectivity index (χ3v) is 6.32. The van der Waals surface area contributed by atoms with Crippen molar-refractivity contribution < 1.29 is 27.5 Å². The second-order valence-electron chi connectivity index (χ2n) is 6.87. The zero-order valence-electron chi connectivity index (χ0n) is 16.3. The Morgan fingerprint density at radius 3 is 2.76 bits per heavy atom. The number of hydrogen-bond acceptors (Lipinski definition) is 7. The first-order chi connectivity index (χ1) is 13.8. The van der Waals surface area contributed by atoms with Gasteiger partial charge in [-0.2, -0.15) is 5.10 Å². The number of aryl methyl sites for hydroxylation is 1. The number of hydrogen-bond donors (Lipinski definition) is 1. The van der Waals surface area contributed by atoms with E-state index in [1.807, 2.05) is 0 Å². The normalized spacial score (nSPS) is 17.7. The van der Waals surface area contributed by atoms with Crippen molar-refractivity contribution in [3.05, 3.63) is 41.6 Å². The first-order valence-electron chi connectivity index (χ1n) is 9.11. The van der Waals surface area contributed by atoms with Crippen LogP contribution in [0, 0.1) is 6.92 Å². The molecule has 0 spiro atoms. The van der Waals surface area contributed by atoms with Crippen LogP contribution in [-0.2, 0) is 30.6 Å². The van der Waals surface area contributed by atoms with Crippen LogP contribution in [0.2, 0.25) is 0 Å². The Hall–Kier alpha value is -2.88. The summed E-state index contributed by atoms with van der Waals surface area (Å²) in [5.74, 6) is -0.0399. The number of sulfone groups is 1. The number of amides is 1. The van der Waals surface area contributed by atoms with E-state index in [2.05, 4.69) is 10.4 Å². The summed E-state index contributed by atoms with van der Waals surface area (Å²) in [6.07, 6.45) is 0.425. The molecule has 1 amide bonds. The van der Waals surface area contributed by atoms with Crippen LogP contribution in [0.3, 0.4) is 0 Å². The number of para-hydroxylation sites is 1. The SMILES string of the molecule is COc1ccccc1CC(=O)OCC(=O)Nc1cc(C)nn1C1CCS(=O)(=O)C1. The summed E-state index contributed by atoms with van der Waals surface area (Å²) >= 11 is 0. The van der Waals surface area contributed by atoms with Gasteiger partial charge in [-0.3, -0.25) is 9.59 Å². The summed E-state index contributed by atoms with van der Waals surface area (Å²) in [6.45, 7) is 1.30. The maximum Gasteiger partial charge on any atom is 0.310 e. The van der Waals surface area contributed by atoms with Gasteiger partial charge in [0.25, 0.3) is 5.91 Å². The summed E-state index contributed by atoms with van der Waals surface area (Å²) in [5, 5.41) is 6.94. The Labute approximate surface area is 168 Å². The zero-order chi connectivity index (χ0) is 21.0. The Kier molecular flexibility index (Phi) is 6.21. The van der Waals surface area contributed by atoms with E-state index in [9.17, 15) is 18.0 Å². The number of nitrogens with one attached hydrogen (secondary N) is 1. The van der Waals surface area contributed by atoms with Crippen LogP contribution in [0.15, 0.2) is 30.3 Å². The van der Waals surface area contributed by atoms with Crippen molar-refractivity contribution in [2.24, 2.45) is 0 Å². The highest BCUT2D eigenvalue weighted by Crippen LogP contribution is 2.27. The Balaban J connectivity index is 1.57. The lowest BCUT2D eigenvalue weighted by Crippen LogP contribution is -2.24. The third-order valence-electron chi connectivity index (χ3n) is 4.57. The molecule has 1 aliphatic rings. The summed E-state index contributed by atoms with van der Waals surface area (Å²) in [7, 11) is -1.58. The maximum atomic E-state index is 12.2. The quantitative estimate of drug-likeness (QED) is 0.670. The van der Waals surface area contributed by atoms with Crippen LogP contribution in [0.4, 0.5) is 5.82 Å². The van der Waals surface area contributed by atoms with Gasteiger partial charge in [-0.05, 0) is 19.4 Å². The molecule has 1 saturated heterocycles. The van der Waals surface area contributed by atoms with E-state index in [0.29, 0.717) is 29.2 Å². The van der Waals surface area contributed by atoms with Gasteiger partial charge in [-0.1, -0.05) is 18.2 Å². The standard InChI is InChI=1S/C19H23N3O6S/c1-13-9-17(22(21-13)15-7-8-29(25,26)12-15)20-18(23)11-28-19(24)10-14-5-3-4-6-16(14)27-2/h3-6,9,15H,7-8,10-12H2,1-2H3,(H,20,23). The highest BCUT2D eigenvalue weighted by atomic mass is 32.2. The summed E-state index contributed by atoms with van der Waals surface area (Å²) in [5.41, 5.74) is 1.31. The molecule has 9 nitrogen and oxygen atoms in total. The molecule has 0 radical (unpaired) electrons. The molecule has 1 aliphatic heterocycles. The number of esters is 1. The van der Waals surface area contributed by atoms with E-state index in [0.717, 1.165) is 0 Å². The molecule has 1 atom stereocenters. The van der Waals surface area contributed by atoms with Gasteiger partial charge in [-0.25, -0.2) is 13.1 Å². The molecular formula is C19H23N3O6S. The van der Waals surface area contributed by atoms with Crippen molar-refractivity contribution in [3.63, 3.8) is 0 Å². The molecule has 0 bridgehead atoms. The molecule has 1 fully saturated rings. The number of benzene rings is 1. The lowest BCUT2D eigenvalue weighted by atomic mass is 10.1. The summed E-state index contributed by atoms with van der Waals surface area (Å²) in [6, 6.07) is 8.39. The predicted molar refractivity (Wildman–Crippen MR) is 106 cm³/mol. The number of carbonyl (C=O) groups excluding carboxylic acids is 2. The monoisotopic (exact) mass is 421 g/mol. The van der Waals surface area contributed by atoms with Gasteiger partial charge in [0.05, 0.1) is 36.8 Å². The van der Waals surface area contributed by atoms with Gasteiger partial charge >= 0.3 is 5.97 Å². The Morgan fingerprint density at radius 1 is 1.31 bits per heavy atom. The van der Waals surface area contributed by atoms with Gasteiger partial charge in [0, 0.05) is 11.6 Å². The highest BCUT2D eigenvalue weighted by molar-refractivity contribution is 7.91. The molecule has 1 N–H and O–H groups in total. The fourth-order valence-electron chi connectivity index (χ4n) is 3.24. The molecule has 1 unspecified atom stereocenters. The van der Waals surface area contributed by atoms with Crippen LogP contribution < -0.4 is 10.1 Å². The fourth-order valence-corrected chi connectivity index (χ4v) is 4.93. The molecule has 0 aliphatic carbocycles. The van der Waals surface area contributed by atoms with Crippen LogP contribution in [-0.4, -0.2) is 55.3 Å². The second kappa shape index (κ2) is 8.64. The molecule has 1 aromatic carbocycles. The van der Waals surface area contributed by atoms with Crippen molar-refractivity contribution in [1.82, 2.24) is 9.78 Å². The van der Waals surface area contributed by atoms with Crippen molar-refractivity contribution in [2.45, 2.75) is 25.8 Å². The van der Waals surface area contributed by atoms with Crippen LogP contribution >= 0.6 is 0 Å². The molecule has 3 rings (SSSR count). The third kappa shape index (κ3) is 5.35. The number of nitrogens with zero attached hydrogens (tertiary/aromatic N) is 2. The van der Waals surface area contributed by atoms with E-state index >= 15 is 0 Å². The molecule has 2 heterocycles. The Morgan fingerprint density at radius 2 is 2.07 bits per heavy atom. The molecular weight excluding hydrogens is 398 g/mol. The molecule has 2 aromatic rings. The van der Waals surface area contributed by atoms with Gasteiger partial charge < -0.3 is 14.8 Å². The Bertz CT molecular complexity index is 1010. The van der Waals surface area contributed by atoms with E-state index in [4.69, 9.17) is 9.47 Å². The number of aromatic nitrogens is 2. The molecule has 10 heteroatoms. The number of carbonyl (C=O) groups is 2. The second-order valence-corrected chi connectivity index (χ2v) is 9.10. The van der Waals surface area contributed by atoms with Crippen molar-refractivity contribution >= 4 is 27.5 Å². The maximum absolute atomic E-state index is 12.2. The van der Waals surface area contributed by atoms with Crippen LogP contribution in [0.5, 0.6) is 5.75 Å². The molecule has 0 saturated carbocycles. The van der Waals surface area contributed by atoms with Gasteiger partial charge in [0.15, 0.2) is 16.4 Å². The fraction of sp³-hybridized carbons (Fsp3) is 0.421. The minimum absolute atomic E-state index is 0.00904. The van der Waals surface area contributed by atoms with Crippen LogP contribution in [0.1, 0.15) is 23.7 Å². The lowest BCUT2D eigenvalue weighted by molar-refractivity contribution is -0.146. The number of rotatable bonds is 7. The van der Waals surface area contributed by atoms with Crippen molar-refractivity contribution in [1.29, 1.82) is 0 Å². The van der Waals surface area contributed by atoms with E-state index in [-0.39, 0.29) is 24.0 Å². The topological polar surface area (TPSA) is 117 Å². The number of methoxy groups -OCH3 is 1. The summed E-state index contributed by atoms with van der Waals surface area (Å²) < 4.78 is 35.2. The smallest absolute Gasteiger partial charge is 0.310 e. The summed E-state index contributed by atoms with van der Waals surface area (Å²) in [4.78, 5) is 24.3. The molecule has 29 heavy (non-hydrogen) atoms. The van der Waals surface area contributed by atoms with Gasteiger partial charge in [0.1, 0.15) is 11.6 Å². The first-order valence-corrected chi connectivity index (χ1v) is 10.9. The van der Waals surface area contributed by atoms with Crippen molar-refractivity contribution in [3.8, 4) is 5.75 Å². The van der Waals surface area contributed by atoms with Gasteiger partial charge in [0.2, 0.25) is 0 Å². The van der Waals surface area contributed by atoms with E-state index < -0.39 is 28.3 Å². The van der Waals surface area contributed by atoms with Gasteiger partial charge in [-0.15, -0.1) is 0 Å². The minimum Gasteiger partial charge on any atom is -0.496 e.